The normalized spacial score (nSPS) is 22.8. The van der Waals surface area contributed by atoms with E-state index in [9.17, 15) is 19.1 Å². The van der Waals surface area contributed by atoms with Gasteiger partial charge in [0.2, 0.25) is 0 Å². The van der Waals surface area contributed by atoms with Crippen molar-refractivity contribution in [2.45, 2.75) is 51.1 Å². The van der Waals surface area contributed by atoms with E-state index in [1.165, 1.54) is 19.1 Å². The third kappa shape index (κ3) is 2.76. The fraction of sp³-hybridized carbons (Fsp3) is 0.444. The number of hydrogen-bond acceptors (Lipinski definition) is 3. The minimum Gasteiger partial charge on any atom is -0.503 e. The van der Waals surface area contributed by atoms with Gasteiger partial charge in [0, 0.05) is 6.04 Å². The van der Waals surface area contributed by atoms with Crippen LogP contribution in [0.15, 0.2) is 35.6 Å². The van der Waals surface area contributed by atoms with E-state index in [0.29, 0.717) is 5.56 Å². The molecule has 1 heterocycles. The van der Waals surface area contributed by atoms with E-state index in [-0.39, 0.29) is 23.2 Å². The lowest BCUT2D eigenvalue weighted by Crippen LogP contribution is -2.41. The van der Waals surface area contributed by atoms with Crippen LogP contribution in [-0.2, 0) is 9.59 Å². The van der Waals surface area contributed by atoms with Gasteiger partial charge in [-0.25, -0.2) is 4.39 Å². The Morgan fingerprint density at radius 1 is 1.17 bits per heavy atom. The third-order valence-corrected chi connectivity index (χ3v) is 4.78. The summed E-state index contributed by atoms with van der Waals surface area (Å²) < 4.78 is 13.2. The summed E-state index contributed by atoms with van der Waals surface area (Å²) in [6.07, 6.45) is 4.92. The molecule has 1 saturated carbocycles. The van der Waals surface area contributed by atoms with Crippen LogP contribution in [0.4, 0.5) is 4.39 Å². The van der Waals surface area contributed by atoms with Crippen LogP contribution in [0, 0.1) is 5.82 Å². The third-order valence-electron chi connectivity index (χ3n) is 4.78. The molecule has 122 valence electrons. The van der Waals surface area contributed by atoms with Gasteiger partial charge in [-0.2, -0.15) is 0 Å². The van der Waals surface area contributed by atoms with Crippen LogP contribution in [0.1, 0.15) is 50.6 Å². The highest BCUT2D eigenvalue weighted by molar-refractivity contribution is 6.08. The van der Waals surface area contributed by atoms with Crippen LogP contribution in [0.5, 0.6) is 0 Å². The van der Waals surface area contributed by atoms with Gasteiger partial charge in [-0.3, -0.25) is 9.59 Å². The van der Waals surface area contributed by atoms with Crippen molar-refractivity contribution in [2.24, 2.45) is 0 Å². The molecule has 5 heteroatoms. The highest BCUT2D eigenvalue weighted by Gasteiger charge is 2.45. The second kappa shape index (κ2) is 6.14. The van der Waals surface area contributed by atoms with Crippen LogP contribution in [-0.4, -0.2) is 27.7 Å². The van der Waals surface area contributed by atoms with Gasteiger partial charge in [0.05, 0.1) is 11.6 Å². The van der Waals surface area contributed by atoms with Crippen molar-refractivity contribution in [1.82, 2.24) is 4.90 Å². The molecule has 1 aliphatic carbocycles. The van der Waals surface area contributed by atoms with Crippen molar-refractivity contribution in [1.29, 1.82) is 0 Å². The lowest BCUT2D eigenvalue weighted by Gasteiger charge is -2.36. The first kappa shape index (κ1) is 15.7. The predicted molar refractivity (Wildman–Crippen MR) is 83.2 cm³/mol. The number of aliphatic hydroxyl groups excluding tert-OH is 1. The monoisotopic (exact) mass is 317 g/mol. The van der Waals surface area contributed by atoms with Crippen LogP contribution in [0.2, 0.25) is 0 Å². The van der Waals surface area contributed by atoms with Crippen LogP contribution >= 0.6 is 0 Å². The summed E-state index contributed by atoms with van der Waals surface area (Å²) in [6, 6.07) is 5.15. The molecule has 0 radical (unpaired) electrons. The first-order valence-corrected chi connectivity index (χ1v) is 8.03. The van der Waals surface area contributed by atoms with Crippen molar-refractivity contribution in [3.8, 4) is 0 Å². The molecule has 1 fully saturated rings. The smallest absolute Gasteiger partial charge is 0.290 e. The molecule has 3 rings (SSSR count). The van der Waals surface area contributed by atoms with Gasteiger partial charge >= 0.3 is 0 Å². The lowest BCUT2D eigenvalue weighted by molar-refractivity contribution is -0.132. The number of ketones is 1. The van der Waals surface area contributed by atoms with E-state index < -0.39 is 17.7 Å². The number of halogens is 1. The van der Waals surface area contributed by atoms with E-state index in [4.69, 9.17) is 0 Å². The molecule has 1 aliphatic heterocycles. The van der Waals surface area contributed by atoms with E-state index in [1.54, 1.807) is 17.0 Å². The van der Waals surface area contributed by atoms with E-state index >= 15 is 0 Å². The van der Waals surface area contributed by atoms with Gasteiger partial charge in [0.1, 0.15) is 5.82 Å². The summed E-state index contributed by atoms with van der Waals surface area (Å²) in [7, 11) is 0. The summed E-state index contributed by atoms with van der Waals surface area (Å²) in [5.41, 5.74) is 0.770. The molecule has 1 aromatic carbocycles. The number of benzene rings is 1. The standard InChI is InChI=1S/C18H20FNO3/c1-11(21)15-16(12-7-9-13(19)10-8-12)20(18(23)17(15)22)14-5-3-2-4-6-14/h7-10,14,16,22H,2-6H2,1H3/t16-/m0/s1. The highest BCUT2D eigenvalue weighted by atomic mass is 19.1. The highest BCUT2D eigenvalue weighted by Crippen LogP contribution is 2.41. The molecule has 23 heavy (non-hydrogen) atoms. The molecule has 1 N–H and O–H groups in total. The maximum Gasteiger partial charge on any atom is 0.290 e. The minimum atomic E-state index is -0.622. The molecule has 2 aliphatic rings. The number of rotatable bonds is 3. The van der Waals surface area contributed by atoms with Gasteiger partial charge in [0.15, 0.2) is 11.5 Å². The van der Waals surface area contributed by atoms with Crippen LogP contribution in [0.25, 0.3) is 0 Å². The number of aliphatic hydroxyl groups is 1. The van der Waals surface area contributed by atoms with Gasteiger partial charge in [-0.15, -0.1) is 0 Å². The number of amides is 1. The number of nitrogens with zero attached hydrogens (tertiary/aromatic N) is 1. The predicted octanol–water partition coefficient (Wildman–Crippen LogP) is 3.44. The summed E-state index contributed by atoms with van der Waals surface area (Å²) in [6.45, 7) is 1.35. The number of hydrogen-bond donors (Lipinski definition) is 1. The molecule has 4 nitrogen and oxygen atoms in total. The SMILES string of the molecule is CC(=O)C1=C(O)C(=O)N(C2CCCCC2)[C@H]1c1ccc(F)cc1. The summed E-state index contributed by atoms with van der Waals surface area (Å²) in [5, 5.41) is 10.2. The zero-order valence-corrected chi connectivity index (χ0v) is 13.1. The molecule has 0 aromatic heterocycles. The van der Waals surface area contributed by atoms with Crippen LogP contribution in [0.3, 0.4) is 0 Å². The van der Waals surface area contributed by atoms with Gasteiger partial charge in [0.25, 0.3) is 5.91 Å². The largest absolute Gasteiger partial charge is 0.503 e. The van der Waals surface area contributed by atoms with Crippen molar-refractivity contribution in [3.05, 3.63) is 47.0 Å². The van der Waals surface area contributed by atoms with Crippen molar-refractivity contribution < 1.29 is 19.1 Å². The maximum atomic E-state index is 13.2. The number of Topliss-reactive ketones (excluding diaryl/α,β-unsaturated/α-hetero) is 1. The molecular weight excluding hydrogens is 297 g/mol. The Morgan fingerprint density at radius 2 is 1.78 bits per heavy atom. The molecule has 0 unspecified atom stereocenters. The molecule has 1 atom stereocenters. The van der Waals surface area contributed by atoms with Crippen molar-refractivity contribution >= 4 is 11.7 Å². The van der Waals surface area contributed by atoms with Gasteiger partial charge in [-0.05, 0) is 37.5 Å². The fourth-order valence-corrected chi connectivity index (χ4v) is 3.69. The first-order valence-electron chi connectivity index (χ1n) is 8.03. The molecule has 0 spiro atoms. The average Bonchev–Trinajstić information content (AvgIpc) is 2.81. The molecule has 1 amide bonds. The second-order valence-electron chi connectivity index (χ2n) is 6.28. The van der Waals surface area contributed by atoms with E-state index in [0.717, 1.165) is 32.1 Å². The molecular formula is C18H20FNO3. The fourth-order valence-electron chi connectivity index (χ4n) is 3.69. The topological polar surface area (TPSA) is 57.6 Å². The Kier molecular flexibility index (Phi) is 4.20. The Bertz CT molecular complexity index is 659. The van der Waals surface area contributed by atoms with Gasteiger partial charge < -0.3 is 10.0 Å². The average molecular weight is 317 g/mol. The molecule has 0 bridgehead atoms. The zero-order chi connectivity index (χ0) is 16.6. The second-order valence-corrected chi connectivity index (χ2v) is 6.28. The zero-order valence-electron chi connectivity index (χ0n) is 13.1. The minimum absolute atomic E-state index is 0.00491. The van der Waals surface area contributed by atoms with E-state index in [1.807, 2.05) is 0 Å². The van der Waals surface area contributed by atoms with E-state index in [2.05, 4.69) is 0 Å². The maximum absolute atomic E-state index is 13.2. The molecule has 0 saturated heterocycles. The van der Waals surface area contributed by atoms with Gasteiger partial charge in [-0.1, -0.05) is 31.4 Å². The summed E-state index contributed by atoms with van der Waals surface area (Å²) in [4.78, 5) is 26.2. The number of carbonyl (C=O) groups is 2. The Hall–Kier alpha value is -2.17. The Balaban J connectivity index is 2.05. The quantitative estimate of drug-likeness (QED) is 0.929. The number of carbonyl (C=O) groups excluding carboxylic acids is 2. The Labute approximate surface area is 134 Å². The lowest BCUT2D eigenvalue weighted by atomic mass is 9.90. The first-order chi connectivity index (χ1) is 11.0. The van der Waals surface area contributed by atoms with Crippen molar-refractivity contribution in [3.63, 3.8) is 0 Å². The summed E-state index contributed by atoms with van der Waals surface area (Å²) in [5.74, 6) is -1.66. The molecule has 1 aromatic rings. The Morgan fingerprint density at radius 3 is 2.35 bits per heavy atom. The van der Waals surface area contributed by atoms with Crippen molar-refractivity contribution in [2.75, 3.05) is 0 Å². The van der Waals surface area contributed by atoms with Crippen LogP contribution < -0.4 is 0 Å². The summed E-state index contributed by atoms with van der Waals surface area (Å²) >= 11 is 0.